The monoisotopic (exact) mass is 384 g/mol. The highest BCUT2D eigenvalue weighted by Gasteiger charge is 2.22. The lowest BCUT2D eigenvalue weighted by atomic mass is 10.2. The molecule has 0 bridgehead atoms. The second-order valence-electron chi connectivity index (χ2n) is 6.75. The minimum Gasteiger partial charge on any atom is -0.370 e. The highest BCUT2D eigenvalue weighted by atomic mass is 32.2. The van der Waals surface area contributed by atoms with Crippen LogP contribution in [0.2, 0.25) is 0 Å². The lowest BCUT2D eigenvalue weighted by Crippen LogP contribution is -2.45. The molecule has 26 heavy (non-hydrogen) atoms. The zero-order chi connectivity index (χ0) is 19.9. The quantitative estimate of drug-likeness (QED) is 0.546. The van der Waals surface area contributed by atoms with Crippen LogP contribution >= 0.6 is 11.8 Å². The Labute approximate surface area is 157 Å². The Balaban J connectivity index is 2.81. The third-order valence-corrected chi connectivity index (χ3v) is 4.32. The van der Waals surface area contributed by atoms with Gasteiger partial charge in [-0.25, -0.2) is 4.79 Å². The lowest BCUT2D eigenvalue weighted by Gasteiger charge is -2.15. The molecule has 0 spiro atoms. The Morgan fingerprint density at radius 1 is 1.15 bits per heavy atom. The van der Waals surface area contributed by atoms with Gasteiger partial charge >= 0.3 is 6.03 Å². The van der Waals surface area contributed by atoms with Gasteiger partial charge in [0.1, 0.15) is 5.82 Å². The van der Waals surface area contributed by atoms with Crippen molar-refractivity contribution < 1.29 is 14.4 Å². The van der Waals surface area contributed by atoms with Gasteiger partial charge < -0.3 is 15.6 Å². The van der Waals surface area contributed by atoms with E-state index < -0.39 is 23.1 Å². The van der Waals surface area contributed by atoms with Gasteiger partial charge in [-0.3, -0.25) is 14.9 Å². The Morgan fingerprint density at radius 2 is 1.81 bits per heavy atom. The Morgan fingerprint density at radius 3 is 2.35 bits per heavy atom. The molecule has 0 aliphatic carbocycles. The van der Waals surface area contributed by atoms with Crippen molar-refractivity contribution in [3.63, 3.8) is 0 Å². The van der Waals surface area contributed by atoms with Gasteiger partial charge in [0.05, 0.1) is 5.25 Å². The molecule has 0 aliphatic heterocycles. The van der Waals surface area contributed by atoms with Crippen LogP contribution in [0.3, 0.4) is 0 Å². The van der Waals surface area contributed by atoms with E-state index >= 15 is 0 Å². The van der Waals surface area contributed by atoms with Crippen LogP contribution in [-0.2, 0) is 22.6 Å². The first-order valence-corrected chi connectivity index (χ1v) is 9.46. The molecule has 146 valence electrons. The van der Waals surface area contributed by atoms with Crippen molar-refractivity contribution in [3.05, 3.63) is 5.82 Å². The number of aromatic nitrogens is 3. The molecule has 9 nitrogen and oxygen atoms in total. The van der Waals surface area contributed by atoms with Crippen LogP contribution in [0.15, 0.2) is 5.16 Å². The maximum absolute atomic E-state index is 12.2. The second-order valence-corrected chi connectivity index (χ2v) is 8.06. The predicted molar refractivity (Wildman–Crippen MR) is 99.5 cm³/mol. The SMILES string of the molecule is CC(C)Cn1c(CCC(N)=O)nnc1S[C@H](C)C(=O)NC(=O)NC(C)C. The molecule has 0 radical (unpaired) electrons. The van der Waals surface area contributed by atoms with E-state index in [-0.39, 0.29) is 12.5 Å². The van der Waals surface area contributed by atoms with Crippen molar-refractivity contribution >= 4 is 29.6 Å². The third kappa shape index (κ3) is 7.42. The molecule has 0 unspecified atom stereocenters. The van der Waals surface area contributed by atoms with Gasteiger partial charge in [0, 0.05) is 25.4 Å². The van der Waals surface area contributed by atoms with E-state index in [1.807, 2.05) is 18.4 Å². The summed E-state index contributed by atoms with van der Waals surface area (Å²) in [6, 6.07) is -0.587. The first-order valence-electron chi connectivity index (χ1n) is 8.58. The Hall–Kier alpha value is -2.10. The Bertz CT molecular complexity index is 644. The molecule has 1 heterocycles. The number of nitrogens with zero attached hydrogens (tertiary/aromatic N) is 3. The minimum atomic E-state index is -0.535. The molecule has 1 atom stereocenters. The first kappa shape index (κ1) is 21.9. The van der Waals surface area contributed by atoms with Gasteiger partial charge in [-0.15, -0.1) is 10.2 Å². The molecule has 4 N–H and O–H groups in total. The molecule has 0 saturated carbocycles. The standard InChI is InChI=1S/C16H28N6O3S/c1-9(2)8-22-13(7-6-12(17)23)20-21-16(22)26-11(5)14(24)19-15(25)18-10(3)4/h9-11H,6-8H2,1-5H3,(H2,17,23)(H2,18,19,24,25)/t11-/m1/s1. The number of thioether (sulfide) groups is 1. The van der Waals surface area contributed by atoms with Crippen molar-refractivity contribution in [1.82, 2.24) is 25.4 Å². The smallest absolute Gasteiger partial charge is 0.321 e. The molecule has 1 aromatic rings. The normalized spacial score (nSPS) is 12.3. The molecule has 1 aromatic heterocycles. The number of aryl methyl sites for hydroxylation is 1. The van der Waals surface area contributed by atoms with E-state index in [0.717, 1.165) is 0 Å². The highest BCUT2D eigenvalue weighted by Crippen LogP contribution is 2.24. The maximum Gasteiger partial charge on any atom is 0.321 e. The second kappa shape index (κ2) is 10.1. The number of imide groups is 1. The first-order chi connectivity index (χ1) is 12.1. The van der Waals surface area contributed by atoms with Crippen LogP contribution < -0.4 is 16.4 Å². The number of nitrogens with one attached hydrogen (secondary N) is 2. The Kier molecular flexibility index (Phi) is 8.56. The number of carbonyl (C=O) groups excluding carboxylic acids is 3. The minimum absolute atomic E-state index is 0.0623. The lowest BCUT2D eigenvalue weighted by molar-refractivity contribution is -0.119. The van der Waals surface area contributed by atoms with Crippen LogP contribution in [0.5, 0.6) is 0 Å². The molecule has 0 aromatic carbocycles. The van der Waals surface area contributed by atoms with Crippen LogP contribution in [0.1, 0.15) is 46.9 Å². The van der Waals surface area contributed by atoms with Gasteiger partial charge in [0.15, 0.2) is 5.16 Å². The number of nitrogens with two attached hydrogens (primary N) is 1. The number of amides is 4. The summed E-state index contributed by atoms with van der Waals surface area (Å²) in [6.07, 6.45) is 0.583. The molecule has 10 heteroatoms. The van der Waals surface area contributed by atoms with Crippen molar-refractivity contribution in [3.8, 4) is 0 Å². The van der Waals surface area contributed by atoms with Gasteiger partial charge in [-0.2, -0.15) is 0 Å². The summed E-state index contributed by atoms with van der Waals surface area (Å²) in [5.74, 6) is 0.178. The van der Waals surface area contributed by atoms with Crippen LogP contribution in [0, 0.1) is 5.92 Å². The summed E-state index contributed by atoms with van der Waals surface area (Å²) in [7, 11) is 0. The van der Waals surface area contributed by atoms with E-state index in [2.05, 4.69) is 34.7 Å². The average molecular weight is 385 g/mol. The predicted octanol–water partition coefficient (Wildman–Crippen LogP) is 1.07. The molecule has 0 saturated heterocycles. The zero-order valence-electron chi connectivity index (χ0n) is 15.9. The number of hydrogen-bond donors (Lipinski definition) is 3. The van der Waals surface area contributed by atoms with E-state index in [0.29, 0.717) is 29.9 Å². The summed E-state index contributed by atoms with van der Waals surface area (Å²) < 4.78 is 1.90. The van der Waals surface area contributed by atoms with Crippen molar-refractivity contribution in [1.29, 1.82) is 0 Å². The number of urea groups is 1. The maximum atomic E-state index is 12.2. The molecule has 4 amide bonds. The summed E-state index contributed by atoms with van der Waals surface area (Å²) in [4.78, 5) is 34.9. The van der Waals surface area contributed by atoms with E-state index in [1.165, 1.54) is 11.8 Å². The van der Waals surface area contributed by atoms with Crippen LogP contribution in [0.4, 0.5) is 4.79 Å². The summed E-state index contributed by atoms with van der Waals surface area (Å²) >= 11 is 1.22. The van der Waals surface area contributed by atoms with Gasteiger partial charge in [0.2, 0.25) is 11.8 Å². The van der Waals surface area contributed by atoms with E-state index in [1.54, 1.807) is 6.92 Å². The molecule has 1 rings (SSSR count). The fraction of sp³-hybridized carbons (Fsp3) is 0.688. The number of rotatable bonds is 9. The van der Waals surface area contributed by atoms with Gasteiger partial charge in [-0.05, 0) is 26.7 Å². The molecular formula is C16H28N6O3S. The molecular weight excluding hydrogens is 356 g/mol. The zero-order valence-corrected chi connectivity index (χ0v) is 16.7. The van der Waals surface area contributed by atoms with Crippen molar-refractivity contribution in [2.75, 3.05) is 0 Å². The van der Waals surface area contributed by atoms with Crippen LogP contribution in [0.25, 0.3) is 0 Å². The van der Waals surface area contributed by atoms with Crippen LogP contribution in [-0.4, -0.2) is 43.9 Å². The highest BCUT2D eigenvalue weighted by molar-refractivity contribution is 8.00. The fourth-order valence-electron chi connectivity index (χ4n) is 2.10. The van der Waals surface area contributed by atoms with Crippen molar-refractivity contribution in [2.24, 2.45) is 11.7 Å². The van der Waals surface area contributed by atoms with Gasteiger partial charge in [-0.1, -0.05) is 25.6 Å². The summed E-state index contributed by atoms with van der Waals surface area (Å²) in [5.41, 5.74) is 5.21. The summed E-state index contributed by atoms with van der Waals surface area (Å²) in [5, 5.41) is 13.2. The molecule has 0 aliphatic rings. The van der Waals surface area contributed by atoms with Crippen molar-refractivity contribution in [2.45, 2.75) is 70.5 Å². The molecule has 0 fully saturated rings. The largest absolute Gasteiger partial charge is 0.370 e. The number of hydrogen-bond acceptors (Lipinski definition) is 6. The number of carbonyl (C=O) groups is 3. The van der Waals surface area contributed by atoms with Gasteiger partial charge in [0.25, 0.3) is 0 Å². The topological polar surface area (TPSA) is 132 Å². The van der Waals surface area contributed by atoms with E-state index in [9.17, 15) is 14.4 Å². The number of primary amides is 1. The summed E-state index contributed by atoms with van der Waals surface area (Å²) in [6.45, 7) is 10.1. The van der Waals surface area contributed by atoms with E-state index in [4.69, 9.17) is 5.73 Å². The fourth-order valence-corrected chi connectivity index (χ4v) is 2.98. The average Bonchev–Trinajstić information content (AvgIpc) is 2.85. The third-order valence-electron chi connectivity index (χ3n) is 3.24.